The van der Waals surface area contributed by atoms with Gasteiger partial charge in [-0.15, -0.1) is 0 Å². The number of amides is 1. The maximum atomic E-state index is 10.7. The number of hydrogen-bond acceptors (Lipinski definition) is 3. The predicted molar refractivity (Wildman–Crippen MR) is 94.6 cm³/mol. The van der Waals surface area contributed by atoms with Gasteiger partial charge in [-0.3, -0.25) is 0 Å². The summed E-state index contributed by atoms with van der Waals surface area (Å²) in [6.45, 7) is 3.11. The Morgan fingerprint density at radius 1 is 1.33 bits per heavy atom. The number of carbonyl (C=O) groups is 1. The summed E-state index contributed by atoms with van der Waals surface area (Å²) in [6.07, 6.45) is -0.167. The summed E-state index contributed by atoms with van der Waals surface area (Å²) < 4.78 is 5.82. The molecule has 0 unspecified atom stereocenters. The van der Waals surface area contributed by atoms with E-state index in [0.717, 1.165) is 29.1 Å². The number of para-hydroxylation sites is 1. The molecule has 0 fully saturated rings. The molecule has 2 N–H and O–H groups in total. The van der Waals surface area contributed by atoms with E-state index in [9.17, 15) is 4.79 Å². The van der Waals surface area contributed by atoms with Gasteiger partial charge in [-0.2, -0.15) is 0 Å². The van der Waals surface area contributed by atoms with Crippen molar-refractivity contribution in [2.45, 2.75) is 19.3 Å². The van der Waals surface area contributed by atoms with Gasteiger partial charge in [-0.1, -0.05) is 24.3 Å². The Hall–Kier alpha value is -2.69. The number of hydrogen-bond donors (Lipinski definition) is 2. The SMILES string of the molecule is Cc1ccccc1N(C)c1ccc2c(c1)OCC[C@H]2CNC(=O)O. The Morgan fingerprint density at radius 3 is 2.88 bits per heavy atom. The van der Waals surface area contributed by atoms with Gasteiger partial charge in [0.2, 0.25) is 0 Å². The summed E-state index contributed by atoms with van der Waals surface area (Å²) in [4.78, 5) is 12.9. The molecule has 3 rings (SSSR count). The summed E-state index contributed by atoms with van der Waals surface area (Å²) in [5.41, 5.74) is 4.48. The zero-order valence-electron chi connectivity index (χ0n) is 14.0. The van der Waals surface area contributed by atoms with Crippen LogP contribution in [0.25, 0.3) is 0 Å². The Balaban J connectivity index is 1.86. The number of ether oxygens (including phenoxy) is 1. The van der Waals surface area contributed by atoms with Crippen LogP contribution in [0.15, 0.2) is 42.5 Å². The molecule has 2 aromatic rings. The first kappa shape index (κ1) is 16.2. The third-order valence-electron chi connectivity index (χ3n) is 4.52. The Kier molecular flexibility index (Phi) is 4.60. The molecule has 2 aromatic carbocycles. The van der Waals surface area contributed by atoms with E-state index in [2.05, 4.69) is 35.3 Å². The first-order valence-electron chi connectivity index (χ1n) is 8.09. The molecule has 1 aliphatic heterocycles. The summed E-state index contributed by atoms with van der Waals surface area (Å²) in [6, 6.07) is 14.4. The van der Waals surface area contributed by atoms with E-state index in [1.807, 2.05) is 31.3 Å². The van der Waals surface area contributed by atoms with Crippen LogP contribution < -0.4 is 15.0 Å². The number of nitrogens with zero attached hydrogens (tertiary/aromatic N) is 1. The first-order chi connectivity index (χ1) is 11.6. The van der Waals surface area contributed by atoms with Gasteiger partial charge in [0.1, 0.15) is 5.75 Å². The van der Waals surface area contributed by atoms with Gasteiger partial charge < -0.3 is 20.1 Å². The zero-order valence-corrected chi connectivity index (χ0v) is 14.0. The van der Waals surface area contributed by atoms with Crippen LogP contribution in [-0.2, 0) is 0 Å². The third-order valence-corrected chi connectivity index (χ3v) is 4.52. The molecule has 0 aromatic heterocycles. The molecule has 0 aliphatic carbocycles. The van der Waals surface area contributed by atoms with Crippen LogP contribution >= 0.6 is 0 Å². The lowest BCUT2D eigenvalue weighted by molar-refractivity contribution is 0.191. The largest absolute Gasteiger partial charge is 0.493 e. The van der Waals surface area contributed by atoms with Crippen molar-refractivity contribution < 1.29 is 14.6 Å². The minimum absolute atomic E-state index is 0.155. The number of carboxylic acid groups (broad SMARTS) is 1. The highest BCUT2D eigenvalue weighted by Crippen LogP contribution is 2.37. The van der Waals surface area contributed by atoms with Gasteiger partial charge in [-0.05, 0) is 36.6 Å². The summed E-state index contributed by atoms with van der Waals surface area (Å²) in [5, 5.41) is 11.3. The lowest BCUT2D eigenvalue weighted by Gasteiger charge is -2.28. The molecule has 126 valence electrons. The normalized spacial score (nSPS) is 16.0. The van der Waals surface area contributed by atoms with Crippen LogP contribution in [0.3, 0.4) is 0 Å². The highest BCUT2D eigenvalue weighted by atomic mass is 16.5. The molecule has 5 heteroatoms. The molecule has 0 radical (unpaired) electrons. The minimum atomic E-state index is -0.987. The van der Waals surface area contributed by atoms with Gasteiger partial charge in [0, 0.05) is 37.0 Å². The molecule has 5 nitrogen and oxygen atoms in total. The fourth-order valence-corrected chi connectivity index (χ4v) is 3.16. The second-order valence-corrected chi connectivity index (χ2v) is 6.09. The smallest absolute Gasteiger partial charge is 0.404 e. The van der Waals surface area contributed by atoms with Crippen molar-refractivity contribution in [3.63, 3.8) is 0 Å². The van der Waals surface area contributed by atoms with E-state index in [0.29, 0.717) is 13.2 Å². The average Bonchev–Trinajstić information content (AvgIpc) is 2.59. The first-order valence-corrected chi connectivity index (χ1v) is 8.09. The average molecular weight is 326 g/mol. The molecule has 0 saturated carbocycles. The highest BCUT2D eigenvalue weighted by molar-refractivity contribution is 5.68. The number of aryl methyl sites for hydroxylation is 1. The lowest BCUT2D eigenvalue weighted by atomic mass is 9.92. The van der Waals surface area contributed by atoms with Crippen LogP contribution in [0.2, 0.25) is 0 Å². The van der Waals surface area contributed by atoms with Crippen LogP contribution in [0.1, 0.15) is 23.5 Å². The summed E-state index contributed by atoms with van der Waals surface area (Å²) in [7, 11) is 2.04. The van der Waals surface area contributed by atoms with Gasteiger partial charge in [0.25, 0.3) is 0 Å². The van der Waals surface area contributed by atoms with E-state index in [1.54, 1.807) is 0 Å². The molecular formula is C19H22N2O3. The van der Waals surface area contributed by atoms with Crippen molar-refractivity contribution in [2.24, 2.45) is 0 Å². The van der Waals surface area contributed by atoms with Crippen LogP contribution in [0.5, 0.6) is 5.75 Å². The van der Waals surface area contributed by atoms with Crippen molar-refractivity contribution in [2.75, 3.05) is 25.1 Å². The predicted octanol–water partition coefficient (Wildman–Crippen LogP) is 3.90. The standard InChI is InChI=1S/C19H22N2O3/c1-13-5-3-4-6-17(13)21(2)15-7-8-16-14(12-20-19(22)23)9-10-24-18(16)11-15/h3-8,11,14,20H,9-10,12H2,1-2H3,(H,22,23)/t14-/m0/s1. The molecular weight excluding hydrogens is 304 g/mol. The fraction of sp³-hybridized carbons (Fsp3) is 0.316. The molecule has 0 spiro atoms. The maximum Gasteiger partial charge on any atom is 0.404 e. The number of rotatable bonds is 4. The number of fused-ring (bicyclic) bond motifs is 1. The van der Waals surface area contributed by atoms with Gasteiger partial charge in [0.15, 0.2) is 0 Å². The summed E-state index contributed by atoms with van der Waals surface area (Å²) >= 11 is 0. The van der Waals surface area contributed by atoms with Crippen molar-refractivity contribution in [1.82, 2.24) is 5.32 Å². The fourth-order valence-electron chi connectivity index (χ4n) is 3.16. The van der Waals surface area contributed by atoms with Gasteiger partial charge >= 0.3 is 6.09 Å². The maximum absolute atomic E-state index is 10.7. The quantitative estimate of drug-likeness (QED) is 0.894. The van der Waals surface area contributed by atoms with Crippen molar-refractivity contribution in [1.29, 1.82) is 0 Å². The Labute approximate surface area is 141 Å². The van der Waals surface area contributed by atoms with Crippen molar-refractivity contribution in [3.05, 3.63) is 53.6 Å². The van der Waals surface area contributed by atoms with Crippen LogP contribution in [0.4, 0.5) is 16.2 Å². The van der Waals surface area contributed by atoms with E-state index >= 15 is 0 Å². The van der Waals surface area contributed by atoms with E-state index in [4.69, 9.17) is 9.84 Å². The topological polar surface area (TPSA) is 61.8 Å². The van der Waals surface area contributed by atoms with Crippen LogP contribution in [0, 0.1) is 6.92 Å². The molecule has 0 bridgehead atoms. The molecule has 1 atom stereocenters. The molecule has 1 heterocycles. The van der Waals surface area contributed by atoms with E-state index in [-0.39, 0.29) is 5.92 Å². The molecule has 0 saturated heterocycles. The van der Waals surface area contributed by atoms with E-state index < -0.39 is 6.09 Å². The molecule has 1 aliphatic rings. The number of anilines is 2. The van der Waals surface area contributed by atoms with E-state index in [1.165, 1.54) is 5.56 Å². The van der Waals surface area contributed by atoms with Crippen molar-refractivity contribution >= 4 is 17.5 Å². The Morgan fingerprint density at radius 2 is 2.12 bits per heavy atom. The van der Waals surface area contributed by atoms with Crippen molar-refractivity contribution in [3.8, 4) is 5.75 Å². The minimum Gasteiger partial charge on any atom is -0.493 e. The molecule has 1 amide bonds. The number of nitrogens with one attached hydrogen (secondary N) is 1. The Bertz CT molecular complexity index is 745. The molecule has 24 heavy (non-hydrogen) atoms. The van der Waals surface area contributed by atoms with Gasteiger partial charge in [0.05, 0.1) is 6.61 Å². The lowest BCUT2D eigenvalue weighted by Crippen LogP contribution is -2.29. The number of benzene rings is 2. The van der Waals surface area contributed by atoms with Crippen LogP contribution in [-0.4, -0.2) is 31.4 Å². The second-order valence-electron chi connectivity index (χ2n) is 6.09. The summed E-state index contributed by atoms with van der Waals surface area (Å²) in [5.74, 6) is 0.999. The zero-order chi connectivity index (χ0) is 17.1. The van der Waals surface area contributed by atoms with Gasteiger partial charge in [-0.25, -0.2) is 4.79 Å². The highest BCUT2D eigenvalue weighted by Gasteiger charge is 2.23. The third kappa shape index (κ3) is 3.30. The monoisotopic (exact) mass is 326 g/mol. The second kappa shape index (κ2) is 6.83.